The number of hydrogen-bond acceptors (Lipinski definition) is 3. The van der Waals surface area contributed by atoms with Gasteiger partial charge in [-0.1, -0.05) is 6.42 Å². The van der Waals surface area contributed by atoms with Crippen molar-refractivity contribution < 1.29 is 4.79 Å². The van der Waals surface area contributed by atoms with Crippen LogP contribution in [0.2, 0.25) is 0 Å². The van der Waals surface area contributed by atoms with E-state index in [1.54, 1.807) is 0 Å². The maximum Gasteiger partial charge on any atom is 0.221 e. The largest absolute Gasteiger partial charge is 0.355 e. The van der Waals surface area contributed by atoms with Crippen molar-refractivity contribution in [2.24, 2.45) is 5.73 Å². The summed E-state index contributed by atoms with van der Waals surface area (Å²) in [5.74, 6) is 0.0713. The molecule has 1 aliphatic heterocycles. The van der Waals surface area contributed by atoms with Crippen molar-refractivity contribution in [3.05, 3.63) is 0 Å². The first-order valence-corrected chi connectivity index (χ1v) is 5.93. The Morgan fingerprint density at radius 3 is 2.67 bits per heavy atom. The molecular weight excluding hydrogens is 190 g/mol. The highest BCUT2D eigenvalue weighted by molar-refractivity contribution is 5.76. The number of nitrogens with zero attached hydrogens (tertiary/aromatic N) is 1. The van der Waals surface area contributed by atoms with Crippen LogP contribution in [0.3, 0.4) is 0 Å². The SMILES string of the molecule is CC(N)CC(=O)NCCN1CCCCC1. The quantitative estimate of drug-likeness (QED) is 0.692. The first-order valence-electron chi connectivity index (χ1n) is 5.93. The Bertz CT molecular complexity index is 188. The van der Waals surface area contributed by atoms with Crippen LogP contribution in [0, 0.1) is 0 Å². The molecule has 0 aromatic rings. The second kappa shape index (κ2) is 6.80. The number of amides is 1. The van der Waals surface area contributed by atoms with E-state index in [2.05, 4.69) is 10.2 Å². The van der Waals surface area contributed by atoms with Crippen molar-refractivity contribution >= 4 is 5.91 Å². The van der Waals surface area contributed by atoms with Crippen LogP contribution < -0.4 is 11.1 Å². The standard InChI is InChI=1S/C11H23N3O/c1-10(12)9-11(15)13-5-8-14-6-3-2-4-7-14/h10H,2-9,12H2,1H3,(H,13,15). The average Bonchev–Trinajstić information content (AvgIpc) is 2.18. The topological polar surface area (TPSA) is 58.4 Å². The molecule has 0 spiro atoms. The third-order valence-corrected chi connectivity index (χ3v) is 2.71. The van der Waals surface area contributed by atoms with E-state index < -0.39 is 0 Å². The van der Waals surface area contributed by atoms with Crippen LogP contribution in [-0.2, 0) is 4.79 Å². The van der Waals surface area contributed by atoms with Gasteiger partial charge in [0.2, 0.25) is 5.91 Å². The molecule has 1 rings (SSSR count). The smallest absolute Gasteiger partial charge is 0.221 e. The second-order valence-corrected chi connectivity index (χ2v) is 4.43. The van der Waals surface area contributed by atoms with Gasteiger partial charge in [-0.05, 0) is 32.9 Å². The fourth-order valence-electron chi connectivity index (χ4n) is 1.90. The molecule has 0 bridgehead atoms. The molecule has 1 fully saturated rings. The van der Waals surface area contributed by atoms with Gasteiger partial charge in [-0.25, -0.2) is 0 Å². The van der Waals surface area contributed by atoms with E-state index >= 15 is 0 Å². The van der Waals surface area contributed by atoms with Crippen LogP contribution in [0.1, 0.15) is 32.6 Å². The Morgan fingerprint density at radius 1 is 1.40 bits per heavy atom. The normalized spacial score (nSPS) is 19.9. The minimum atomic E-state index is -0.0417. The highest BCUT2D eigenvalue weighted by Gasteiger charge is 2.10. The number of piperidine rings is 1. The number of nitrogens with one attached hydrogen (secondary N) is 1. The lowest BCUT2D eigenvalue weighted by atomic mass is 10.1. The third kappa shape index (κ3) is 5.74. The number of rotatable bonds is 5. The van der Waals surface area contributed by atoms with Crippen molar-refractivity contribution in [2.45, 2.75) is 38.6 Å². The van der Waals surface area contributed by atoms with Crippen molar-refractivity contribution in [1.29, 1.82) is 0 Å². The minimum Gasteiger partial charge on any atom is -0.355 e. The van der Waals surface area contributed by atoms with E-state index in [9.17, 15) is 4.79 Å². The van der Waals surface area contributed by atoms with Crippen molar-refractivity contribution in [2.75, 3.05) is 26.2 Å². The number of hydrogen-bond donors (Lipinski definition) is 2. The number of likely N-dealkylation sites (tertiary alicyclic amines) is 1. The molecule has 0 aromatic carbocycles. The number of nitrogens with two attached hydrogens (primary N) is 1. The zero-order valence-electron chi connectivity index (χ0n) is 9.67. The Kier molecular flexibility index (Phi) is 5.65. The molecule has 88 valence electrons. The lowest BCUT2D eigenvalue weighted by Crippen LogP contribution is -2.38. The van der Waals surface area contributed by atoms with Crippen molar-refractivity contribution in [1.82, 2.24) is 10.2 Å². The summed E-state index contributed by atoms with van der Waals surface area (Å²) in [4.78, 5) is 13.7. The molecule has 1 heterocycles. The van der Waals surface area contributed by atoms with Crippen LogP contribution in [0.15, 0.2) is 0 Å². The van der Waals surface area contributed by atoms with Gasteiger partial charge in [-0.15, -0.1) is 0 Å². The molecule has 3 N–H and O–H groups in total. The van der Waals surface area contributed by atoms with Gasteiger partial charge < -0.3 is 16.0 Å². The van der Waals surface area contributed by atoms with Crippen molar-refractivity contribution in [3.8, 4) is 0 Å². The van der Waals surface area contributed by atoms with E-state index in [1.807, 2.05) is 6.92 Å². The van der Waals surface area contributed by atoms with Crippen LogP contribution >= 0.6 is 0 Å². The first kappa shape index (κ1) is 12.5. The molecule has 0 radical (unpaired) electrons. The molecule has 0 saturated carbocycles. The van der Waals surface area contributed by atoms with Crippen LogP contribution in [0.4, 0.5) is 0 Å². The summed E-state index contributed by atoms with van der Waals surface area (Å²) in [6, 6.07) is -0.0417. The molecular formula is C11H23N3O. The predicted octanol–water partition coefficient (Wildman–Crippen LogP) is 0.326. The zero-order chi connectivity index (χ0) is 11.1. The lowest BCUT2D eigenvalue weighted by Gasteiger charge is -2.26. The van der Waals surface area contributed by atoms with Gasteiger partial charge in [-0.2, -0.15) is 0 Å². The summed E-state index contributed by atoms with van der Waals surface area (Å²) in [5.41, 5.74) is 5.54. The maximum absolute atomic E-state index is 11.3. The average molecular weight is 213 g/mol. The summed E-state index contributed by atoms with van der Waals surface area (Å²) in [6.07, 6.45) is 4.38. The Hall–Kier alpha value is -0.610. The van der Waals surface area contributed by atoms with E-state index in [0.29, 0.717) is 6.42 Å². The third-order valence-electron chi connectivity index (χ3n) is 2.71. The molecule has 1 saturated heterocycles. The van der Waals surface area contributed by atoms with Gasteiger partial charge in [0.15, 0.2) is 0 Å². The Morgan fingerprint density at radius 2 is 2.07 bits per heavy atom. The predicted molar refractivity (Wildman–Crippen MR) is 61.6 cm³/mol. The molecule has 4 heteroatoms. The summed E-state index contributed by atoms with van der Waals surface area (Å²) < 4.78 is 0. The molecule has 1 aliphatic rings. The summed E-state index contributed by atoms with van der Waals surface area (Å²) in [5, 5.41) is 2.90. The van der Waals surface area contributed by atoms with Gasteiger partial charge >= 0.3 is 0 Å². The molecule has 0 aliphatic carbocycles. The van der Waals surface area contributed by atoms with Gasteiger partial charge in [0, 0.05) is 25.6 Å². The molecule has 4 nitrogen and oxygen atoms in total. The zero-order valence-corrected chi connectivity index (χ0v) is 9.67. The Balaban J connectivity index is 2.02. The number of carbonyl (C=O) groups excluding carboxylic acids is 1. The van der Waals surface area contributed by atoms with Gasteiger partial charge in [0.1, 0.15) is 0 Å². The number of carbonyl (C=O) groups is 1. The summed E-state index contributed by atoms with van der Waals surface area (Å²) in [6.45, 7) is 5.95. The fraction of sp³-hybridized carbons (Fsp3) is 0.909. The van der Waals surface area contributed by atoms with E-state index in [4.69, 9.17) is 5.73 Å². The van der Waals surface area contributed by atoms with E-state index in [1.165, 1.54) is 32.4 Å². The van der Waals surface area contributed by atoms with Gasteiger partial charge in [-0.3, -0.25) is 4.79 Å². The molecule has 1 unspecified atom stereocenters. The maximum atomic E-state index is 11.3. The fourth-order valence-corrected chi connectivity index (χ4v) is 1.90. The highest BCUT2D eigenvalue weighted by Crippen LogP contribution is 2.07. The molecule has 15 heavy (non-hydrogen) atoms. The lowest BCUT2D eigenvalue weighted by molar-refractivity contribution is -0.121. The molecule has 1 atom stereocenters. The van der Waals surface area contributed by atoms with Gasteiger partial charge in [0.25, 0.3) is 0 Å². The molecule has 1 amide bonds. The summed E-state index contributed by atoms with van der Waals surface area (Å²) >= 11 is 0. The molecule has 0 aromatic heterocycles. The van der Waals surface area contributed by atoms with Crippen LogP contribution in [0.5, 0.6) is 0 Å². The van der Waals surface area contributed by atoms with Gasteiger partial charge in [0.05, 0.1) is 0 Å². The van der Waals surface area contributed by atoms with Crippen LogP contribution in [0.25, 0.3) is 0 Å². The van der Waals surface area contributed by atoms with Crippen LogP contribution in [-0.4, -0.2) is 43.0 Å². The second-order valence-electron chi connectivity index (χ2n) is 4.43. The van der Waals surface area contributed by atoms with E-state index in [0.717, 1.165) is 13.1 Å². The monoisotopic (exact) mass is 213 g/mol. The van der Waals surface area contributed by atoms with Crippen molar-refractivity contribution in [3.63, 3.8) is 0 Å². The Labute approximate surface area is 92.2 Å². The first-order chi connectivity index (χ1) is 7.18. The summed E-state index contributed by atoms with van der Waals surface area (Å²) in [7, 11) is 0. The minimum absolute atomic E-state index is 0.0417. The highest BCUT2D eigenvalue weighted by atomic mass is 16.1. The van der Waals surface area contributed by atoms with E-state index in [-0.39, 0.29) is 11.9 Å².